The van der Waals surface area contributed by atoms with E-state index >= 15 is 0 Å². The van der Waals surface area contributed by atoms with E-state index in [0.29, 0.717) is 6.54 Å². The molecule has 0 bridgehead atoms. The van der Waals surface area contributed by atoms with Crippen molar-refractivity contribution in [3.63, 3.8) is 0 Å². The highest BCUT2D eigenvalue weighted by atomic mass is 19.3. The van der Waals surface area contributed by atoms with Gasteiger partial charge < -0.3 is 15.0 Å². The molecular weight excluding hydrogens is 374 g/mol. The largest absolute Gasteiger partial charge is 0.369 e. The summed E-state index contributed by atoms with van der Waals surface area (Å²) >= 11 is 0. The molecule has 29 heavy (non-hydrogen) atoms. The van der Waals surface area contributed by atoms with Crippen LogP contribution < -0.4 is 5.32 Å². The van der Waals surface area contributed by atoms with Crippen molar-refractivity contribution in [3.8, 4) is 0 Å². The fourth-order valence-corrected chi connectivity index (χ4v) is 5.65. The van der Waals surface area contributed by atoms with Crippen molar-refractivity contribution in [3.05, 3.63) is 0 Å². The Morgan fingerprint density at radius 1 is 1.00 bits per heavy atom. The van der Waals surface area contributed by atoms with Gasteiger partial charge in [-0.15, -0.1) is 0 Å². The van der Waals surface area contributed by atoms with Gasteiger partial charge in [0.05, 0.1) is 12.6 Å². The number of hydrogen-bond acceptors (Lipinski definition) is 3. The molecule has 0 aromatic rings. The third-order valence-corrected chi connectivity index (χ3v) is 7.13. The topological polar surface area (TPSA) is 41.6 Å². The Morgan fingerprint density at radius 3 is 2.14 bits per heavy atom. The number of amides is 1. The Bertz CT molecular complexity index is 525. The van der Waals surface area contributed by atoms with Crippen LogP contribution in [0.2, 0.25) is 0 Å². The fraction of sp³-hybridized carbons (Fsp3) is 0.957. The highest BCUT2D eigenvalue weighted by Gasteiger charge is 2.53. The standard InChI is InChI=1S/C23H40F2N2O2/c1-18(2)29-20-13-16-27(17-23(20,24)25)21(28)22(14-10-15-26-22)19-11-8-6-4-3-5-7-9-12-19/h18-20,26H,3-17H2,1-2H3. The van der Waals surface area contributed by atoms with Crippen molar-refractivity contribution in [1.82, 2.24) is 10.2 Å². The van der Waals surface area contributed by atoms with Gasteiger partial charge in [-0.05, 0) is 58.4 Å². The fourth-order valence-electron chi connectivity index (χ4n) is 5.65. The van der Waals surface area contributed by atoms with Crippen LogP contribution in [-0.4, -0.2) is 54.1 Å². The molecule has 2 aliphatic heterocycles. The lowest BCUT2D eigenvalue weighted by atomic mass is 9.74. The summed E-state index contributed by atoms with van der Waals surface area (Å²) in [5.74, 6) is -2.82. The van der Waals surface area contributed by atoms with Gasteiger partial charge in [-0.25, -0.2) is 8.78 Å². The van der Waals surface area contributed by atoms with Crippen molar-refractivity contribution in [2.45, 2.75) is 115 Å². The lowest BCUT2D eigenvalue weighted by Crippen LogP contribution is -2.64. The molecular formula is C23H40F2N2O2. The minimum absolute atomic E-state index is 0.0836. The van der Waals surface area contributed by atoms with E-state index in [2.05, 4.69) is 5.32 Å². The number of alkyl halides is 2. The van der Waals surface area contributed by atoms with Gasteiger partial charge in [0, 0.05) is 6.54 Å². The second-order valence-corrected chi connectivity index (χ2v) is 9.70. The lowest BCUT2D eigenvalue weighted by Gasteiger charge is -2.45. The first-order valence-corrected chi connectivity index (χ1v) is 11.9. The molecule has 2 unspecified atom stereocenters. The van der Waals surface area contributed by atoms with E-state index in [1.54, 1.807) is 13.8 Å². The van der Waals surface area contributed by atoms with Crippen LogP contribution in [0.3, 0.4) is 0 Å². The lowest BCUT2D eigenvalue weighted by molar-refractivity contribution is -0.192. The van der Waals surface area contributed by atoms with Crippen LogP contribution in [0, 0.1) is 5.92 Å². The first-order chi connectivity index (χ1) is 13.8. The Hall–Kier alpha value is -0.750. The number of nitrogens with one attached hydrogen (secondary N) is 1. The van der Waals surface area contributed by atoms with E-state index in [4.69, 9.17) is 4.74 Å². The molecule has 0 aromatic heterocycles. The van der Waals surface area contributed by atoms with Gasteiger partial charge in [0.2, 0.25) is 5.91 Å². The van der Waals surface area contributed by atoms with Crippen LogP contribution in [0.25, 0.3) is 0 Å². The molecule has 0 radical (unpaired) electrons. The zero-order valence-electron chi connectivity index (χ0n) is 18.4. The maximum atomic E-state index is 14.8. The summed E-state index contributed by atoms with van der Waals surface area (Å²) in [7, 11) is 0. The minimum atomic E-state index is -2.99. The van der Waals surface area contributed by atoms with Gasteiger partial charge in [-0.2, -0.15) is 0 Å². The minimum Gasteiger partial charge on any atom is -0.369 e. The maximum absolute atomic E-state index is 14.8. The number of halogens is 2. The van der Waals surface area contributed by atoms with Crippen molar-refractivity contribution < 1.29 is 18.3 Å². The third-order valence-electron chi connectivity index (χ3n) is 7.13. The Labute approximate surface area is 175 Å². The molecule has 0 aromatic carbocycles. The summed E-state index contributed by atoms with van der Waals surface area (Å²) in [5.41, 5.74) is -0.638. The molecule has 3 aliphatic rings. The summed E-state index contributed by atoms with van der Waals surface area (Å²) in [6.45, 7) is 4.22. The van der Waals surface area contributed by atoms with Gasteiger partial charge in [0.25, 0.3) is 5.92 Å². The normalized spacial score (nSPS) is 32.4. The van der Waals surface area contributed by atoms with Crippen molar-refractivity contribution in [2.75, 3.05) is 19.6 Å². The molecule has 6 heteroatoms. The Kier molecular flexibility index (Phi) is 7.94. The molecule has 2 saturated heterocycles. The highest BCUT2D eigenvalue weighted by molar-refractivity contribution is 5.87. The zero-order chi connectivity index (χ0) is 20.9. The van der Waals surface area contributed by atoms with E-state index in [9.17, 15) is 13.6 Å². The van der Waals surface area contributed by atoms with Crippen LogP contribution in [-0.2, 0) is 9.53 Å². The van der Waals surface area contributed by atoms with Crippen LogP contribution in [0.4, 0.5) is 8.78 Å². The second kappa shape index (κ2) is 10.0. The summed E-state index contributed by atoms with van der Waals surface area (Å²) in [6.07, 6.45) is 11.3. The molecule has 2 heterocycles. The molecule has 4 nitrogen and oxygen atoms in total. The SMILES string of the molecule is CC(C)OC1CCN(C(=O)C2(C3CCCCCCCCC3)CCCN2)CC1(F)F. The number of rotatable bonds is 4. The zero-order valence-corrected chi connectivity index (χ0v) is 18.4. The summed E-state index contributed by atoms with van der Waals surface area (Å²) in [6, 6.07) is 0. The van der Waals surface area contributed by atoms with Gasteiger partial charge in [0.15, 0.2) is 0 Å². The number of ether oxygens (including phenoxy) is 1. The number of carbonyl (C=O) groups excluding carboxylic acids is 1. The molecule has 0 spiro atoms. The predicted molar refractivity (Wildman–Crippen MR) is 111 cm³/mol. The number of likely N-dealkylation sites (tertiary alicyclic amines) is 1. The second-order valence-electron chi connectivity index (χ2n) is 9.70. The first kappa shape index (κ1) is 22.9. The van der Waals surface area contributed by atoms with E-state index in [1.165, 1.54) is 37.0 Å². The van der Waals surface area contributed by atoms with E-state index < -0.39 is 24.1 Å². The molecule has 1 N–H and O–H groups in total. The molecule has 1 aliphatic carbocycles. The maximum Gasteiger partial charge on any atom is 0.290 e. The highest BCUT2D eigenvalue weighted by Crippen LogP contribution is 2.39. The summed E-state index contributed by atoms with van der Waals surface area (Å²) < 4.78 is 35.0. The van der Waals surface area contributed by atoms with Crippen molar-refractivity contribution >= 4 is 5.91 Å². The monoisotopic (exact) mass is 414 g/mol. The number of nitrogens with zero attached hydrogens (tertiary/aromatic N) is 1. The van der Waals surface area contributed by atoms with Crippen LogP contribution in [0.15, 0.2) is 0 Å². The average molecular weight is 415 g/mol. The summed E-state index contributed by atoms with van der Waals surface area (Å²) in [4.78, 5) is 15.1. The molecule has 1 amide bonds. The van der Waals surface area contributed by atoms with Crippen LogP contribution in [0.5, 0.6) is 0 Å². The smallest absolute Gasteiger partial charge is 0.290 e. The van der Waals surface area contributed by atoms with Gasteiger partial charge >= 0.3 is 0 Å². The molecule has 2 atom stereocenters. The quantitative estimate of drug-likeness (QED) is 0.711. The third kappa shape index (κ3) is 5.49. The number of piperidine rings is 1. The molecule has 168 valence electrons. The van der Waals surface area contributed by atoms with Gasteiger partial charge in [-0.3, -0.25) is 4.79 Å². The van der Waals surface area contributed by atoms with Gasteiger partial charge in [0.1, 0.15) is 11.6 Å². The van der Waals surface area contributed by atoms with E-state index in [1.807, 2.05) is 0 Å². The number of hydrogen-bond donors (Lipinski definition) is 1. The summed E-state index contributed by atoms with van der Waals surface area (Å²) in [5, 5.41) is 3.52. The Balaban J connectivity index is 1.73. The van der Waals surface area contributed by atoms with E-state index in [0.717, 1.165) is 45.1 Å². The van der Waals surface area contributed by atoms with Crippen molar-refractivity contribution in [2.24, 2.45) is 5.92 Å². The first-order valence-electron chi connectivity index (χ1n) is 11.9. The van der Waals surface area contributed by atoms with Crippen LogP contribution in [0.1, 0.15) is 90.9 Å². The predicted octanol–water partition coefficient (Wildman–Crippen LogP) is 4.91. The molecule has 1 saturated carbocycles. The molecule has 3 rings (SSSR count). The van der Waals surface area contributed by atoms with Crippen LogP contribution >= 0.6 is 0 Å². The van der Waals surface area contributed by atoms with Crippen molar-refractivity contribution in [1.29, 1.82) is 0 Å². The Morgan fingerprint density at radius 2 is 1.62 bits per heavy atom. The van der Waals surface area contributed by atoms with Gasteiger partial charge in [-0.1, -0.05) is 44.9 Å². The van der Waals surface area contributed by atoms with E-state index in [-0.39, 0.29) is 24.3 Å². The molecule has 3 fully saturated rings. The average Bonchev–Trinajstić information content (AvgIpc) is 3.17. The number of carbonyl (C=O) groups is 1.